The average Bonchev–Trinajstić information content (AvgIpc) is 2.43. The van der Waals surface area contributed by atoms with Gasteiger partial charge in [-0.3, -0.25) is 4.79 Å². The Labute approximate surface area is 115 Å². The number of carbonyl (C=O) groups excluding carboxylic acids is 1. The van der Waals surface area contributed by atoms with Crippen molar-refractivity contribution in [2.75, 3.05) is 5.32 Å². The Kier molecular flexibility index (Phi) is 4.75. The minimum absolute atomic E-state index is 0.182. The fourth-order valence-electron chi connectivity index (χ4n) is 1.41. The monoisotopic (exact) mass is 273 g/mol. The molecule has 2 rings (SSSR count). The fourth-order valence-corrected chi connectivity index (χ4v) is 2.07. The Bertz CT molecular complexity index is 584. The number of para-hydroxylation sites is 1. The van der Waals surface area contributed by atoms with Crippen molar-refractivity contribution in [3.05, 3.63) is 71.9 Å². The summed E-state index contributed by atoms with van der Waals surface area (Å²) in [5.41, 5.74) is 0.182. The maximum atomic E-state index is 13.3. The van der Waals surface area contributed by atoms with Crippen molar-refractivity contribution < 1.29 is 9.18 Å². The van der Waals surface area contributed by atoms with Crippen molar-refractivity contribution in [3.8, 4) is 0 Å². The van der Waals surface area contributed by atoms with Gasteiger partial charge in [0.25, 0.3) is 0 Å². The van der Waals surface area contributed by atoms with Gasteiger partial charge in [-0.1, -0.05) is 42.1 Å². The second kappa shape index (κ2) is 6.75. The molecule has 0 saturated heterocycles. The average molecular weight is 273 g/mol. The highest BCUT2D eigenvalue weighted by molar-refractivity contribution is 8.02. The molecule has 96 valence electrons. The third-order valence-corrected chi connectivity index (χ3v) is 3.11. The summed E-state index contributed by atoms with van der Waals surface area (Å²) < 4.78 is 13.3. The quantitative estimate of drug-likeness (QED) is 0.672. The van der Waals surface area contributed by atoms with Gasteiger partial charge in [0.05, 0.1) is 5.69 Å². The first-order valence-electron chi connectivity index (χ1n) is 5.69. The van der Waals surface area contributed by atoms with Gasteiger partial charge in [0, 0.05) is 11.0 Å². The van der Waals surface area contributed by atoms with Gasteiger partial charge in [-0.15, -0.1) is 0 Å². The zero-order chi connectivity index (χ0) is 13.5. The van der Waals surface area contributed by atoms with E-state index < -0.39 is 5.82 Å². The Morgan fingerprint density at radius 1 is 1.05 bits per heavy atom. The highest BCUT2D eigenvalue weighted by Gasteiger charge is 2.02. The van der Waals surface area contributed by atoms with Gasteiger partial charge < -0.3 is 5.32 Å². The first-order valence-corrected chi connectivity index (χ1v) is 6.57. The summed E-state index contributed by atoms with van der Waals surface area (Å²) in [5.74, 6) is -0.798. The highest BCUT2D eigenvalue weighted by atomic mass is 32.2. The van der Waals surface area contributed by atoms with Crippen molar-refractivity contribution in [2.45, 2.75) is 4.90 Å². The lowest BCUT2D eigenvalue weighted by Crippen LogP contribution is -2.08. The summed E-state index contributed by atoms with van der Waals surface area (Å²) in [4.78, 5) is 12.6. The highest BCUT2D eigenvalue weighted by Crippen LogP contribution is 2.18. The molecule has 1 amide bonds. The topological polar surface area (TPSA) is 29.1 Å². The second-order valence-electron chi connectivity index (χ2n) is 3.70. The number of nitrogens with one attached hydrogen (secondary N) is 1. The number of benzene rings is 2. The zero-order valence-corrected chi connectivity index (χ0v) is 10.9. The predicted molar refractivity (Wildman–Crippen MR) is 76.5 cm³/mol. The molecular weight excluding hydrogens is 261 g/mol. The number of thioether (sulfide) groups is 1. The van der Waals surface area contributed by atoms with E-state index in [1.54, 1.807) is 17.5 Å². The van der Waals surface area contributed by atoms with Crippen LogP contribution in [0.1, 0.15) is 0 Å². The standard InChI is InChI=1S/C15H12FNOS/c16-13-8-4-5-9-14(13)17-15(18)10-11-19-12-6-2-1-3-7-12/h1-11H,(H,17,18). The van der Waals surface area contributed by atoms with Crippen molar-refractivity contribution in [1.82, 2.24) is 0 Å². The van der Waals surface area contributed by atoms with Crippen molar-refractivity contribution >= 4 is 23.4 Å². The summed E-state index contributed by atoms with van der Waals surface area (Å²) in [7, 11) is 0. The molecule has 2 nitrogen and oxygen atoms in total. The maximum absolute atomic E-state index is 13.3. The summed E-state index contributed by atoms with van der Waals surface area (Å²) >= 11 is 1.43. The summed E-state index contributed by atoms with van der Waals surface area (Å²) in [6, 6.07) is 15.7. The van der Waals surface area contributed by atoms with Crippen LogP contribution in [0.5, 0.6) is 0 Å². The molecule has 0 atom stereocenters. The predicted octanol–water partition coefficient (Wildman–Crippen LogP) is 4.07. The van der Waals surface area contributed by atoms with Gasteiger partial charge in [0.15, 0.2) is 0 Å². The van der Waals surface area contributed by atoms with Crippen LogP contribution in [0.25, 0.3) is 0 Å². The van der Waals surface area contributed by atoms with E-state index in [1.165, 1.54) is 30.0 Å². The van der Waals surface area contributed by atoms with Gasteiger partial charge in [-0.2, -0.15) is 0 Å². The second-order valence-corrected chi connectivity index (χ2v) is 4.68. The van der Waals surface area contributed by atoms with E-state index in [0.717, 1.165) is 4.90 Å². The normalized spacial score (nSPS) is 10.6. The minimum atomic E-state index is -0.444. The van der Waals surface area contributed by atoms with Crippen LogP contribution in [0.15, 0.2) is 71.0 Å². The first-order chi connectivity index (χ1) is 9.25. The molecule has 0 radical (unpaired) electrons. The first kappa shape index (κ1) is 13.4. The van der Waals surface area contributed by atoms with Gasteiger partial charge in [0.2, 0.25) is 5.91 Å². The van der Waals surface area contributed by atoms with E-state index in [0.29, 0.717) is 0 Å². The van der Waals surface area contributed by atoms with Crippen molar-refractivity contribution in [1.29, 1.82) is 0 Å². The van der Waals surface area contributed by atoms with E-state index in [1.807, 2.05) is 30.3 Å². The van der Waals surface area contributed by atoms with Gasteiger partial charge in [0.1, 0.15) is 5.82 Å². The Morgan fingerprint density at radius 3 is 2.47 bits per heavy atom. The Balaban J connectivity index is 1.90. The van der Waals surface area contributed by atoms with E-state index in [9.17, 15) is 9.18 Å². The molecule has 0 aliphatic carbocycles. The number of anilines is 1. The molecule has 0 aliphatic heterocycles. The van der Waals surface area contributed by atoms with E-state index in [-0.39, 0.29) is 11.6 Å². The van der Waals surface area contributed by atoms with Gasteiger partial charge in [-0.05, 0) is 29.7 Å². The number of hydrogen-bond acceptors (Lipinski definition) is 2. The molecule has 0 spiro atoms. The molecule has 0 heterocycles. The van der Waals surface area contributed by atoms with Crippen LogP contribution in [0.4, 0.5) is 10.1 Å². The molecule has 0 unspecified atom stereocenters. The molecule has 19 heavy (non-hydrogen) atoms. The van der Waals surface area contributed by atoms with E-state index in [2.05, 4.69) is 5.32 Å². The van der Waals surface area contributed by atoms with Crippen LogP contribution in [-0.2, 0) is 4.79 Å². The van der Waals surface area contributed by atoms with E-state index in [4.69, 9.17) is 0 Å². The molecular formula is C15H12FNOS. The smallest absolute Gasteiger partial charge is 0.248 e. The van der Waals surface area contributed by atoms with Crippen molar-refractivity contribution in [3.63, 3.8) is 0 Å². The fraction of sp³-hybridized carbons (Fsp3) is 0. The summed E-state index contributed by atoms with van der Waals surface area (Å²) in [6.45, 7) is 0. The molecule has 0 bridgehead atoms. The van der Waals surface area contributed by atoms with Crippen LogP contribution in [0.2, 0.25) is 0 Å². The summed E-state index contributed by atoms with van der Waals surface area (Å²) in [6.07, 6.45) is 1.38. The Morgan fingerprint density at radius 2 is 1.74 bits per heavy atom. The third kappa shape index (κ3) is 4.26. The van der Waals surface area contributed by atoms with Gasteiger partial charge >= 0.3 is 0 Å². The number of rotatable bonds is 4. The summed E-state index contributed by atoms with van der Waals surface area (Å²) in [5, 5.41) is 4.15. The number of halogens is 1. The molecule has 0 aromatic heterocycles. The lowest BCUT2D eigenvalue weighted by Gasteiger charge is -2.02. The molecule has 1 N–H and O–H groups in total. The number of hydrogen-bond donors (Lipinski definition) is 1. The number of amides is 1. The van der Waals surface area contributed by atoms with E-state index >= 15 is 0 Å². The molecule has 2 aromatic rings. The van der Waals surface area contributed by atoms with Crippen LogP contribution in [0, 0.1) is 5.82 Å². The maximum Gasteiger partial charge on any atom is 0.248 e. The van der Waals surface area contributed by atoms with Crippen LogP contribution in [-0.4, -0.2) is 5.91 Å². The Hall–Kier alpha value is -2.07. The lowest BCUT2D eigenvalue weighted by molar-refractivity contribution is -0.111. The molecule has 2 aromatic carbocycles. The van der Waals surface area contributed by atoms with Gasteiger partial charge in [-0.25, -0.2) is 4.39 Å². The minimum Gasteiger partial charge on any atom is -0.320 e. The molecule has 0 fully saturated rings. The SMILES string of the molecule is O=C(C=CSc1ccccc1)Nc1ccccc1F. The van der Waals surface area contributed by atoms with Crippen LogP contribution < -0.4 is 5.32 Å². The van der Waals surface area contributed by atoms with Crippen molar-refractivity contribution in [2.24, 2.45) is 0 Å². The van der Waals surface area contributed by atoms with Crippen LogP contribution >= 0.6 is 11.8 Å². The lowest BCUT2D eigenvalue weighted by atomic mass is 10.3. The number of carbonyl (C=O) groups is 1. The molecule has 0 aliphatic rings. The zero-order valence-electron chi connectivity index (χ0n) is 10.0. The largest absolute Gasteiger partial charge is 0.320 e. The molecule has 0 saturated carbocycles. The van der Waals surface area contributed by atoms with Crippen LogP contribution in [0.3, 0.4) is 0 Å². The molecule has 4 heteroatoms. The third-order valence-electron chi connectivity index (χ3n) is 2.30.